The minimum absolute atomic E-state index is 0.374. The van der Waals surface area contributed by atoms with E-state index in [-0.39, 0.29) is 0 Å². The summed E-state index contributed by atoms with van der Waals surface area (Å²) in [5.41, 5.74) is 0. The molecule has 1 saturated heterocycles. The van der Waals surface area contributed by atoms with Crippen LogP contribution in [0.5, 0.6) is 0 Å². The van der Waals surface area contributed by atoms with Crippen molar-refractivity contribution in [2.24, 2.45) is 7.05 Å². The molecular formula is C9H16N4S. The van der Waals surface area contributed by atoms with Crippen molar-refractivity contribution in [1.29, 1.82) is 0 Å². The number of nitrogens with one attached hydrogen (secondary N) is 1. The Bertz CT molecular complexity index is 320. The van der Waals surface area contributed by atoms with Crippen LogP contribution in [0, 0.1) is 0 Å². The number of thioether (sulfide) groups is 1. The van der Waals surface area contributed by atoms with Gasteiger partial charge in [0.15, 0.2) is 0 Å². The number of aromatic nitrogens is 3. The maximum Gasteiger partial charge on any atom is 0.140 e. The molecule has 0 amide bonds. The minimum atomic E-state index is 0.374. The average molecular weight is 212 g/mol. The van der Waals surface area contributed by atoms with Crippen LogP contribution in [-0.4, -0.2) is 31.3 Å². The molecule has 0 saturated carbocycles. The van der Waals surface area contributed by atoms with E-state index in [4.69, 9.17) is 0 Å². The van der Waals surface area contributed by atoms with E-state index >= 15 is 0 Å². The normalized spacial score (nSPS) is 24.6. The molecule has 1 N–H and O–H groups in total. The van der Waals surface area contributed by atoms with E-state index in [9.17, 15) is 0 Å². The summed E-state index contributed by atoms with van der Waals surface area (Å²) in [7, 11) is 1.92. The molecule has 0 spiro atoms. The zero-order chi connectivity index (χ0) is 10.2. The maximum atomic E-state index is 4.18. The molecule has 1 aromatic heterocycles. The molecule has 5 heteroatoms. The Morgan fingerprint density at radius 2 is 2.50 bits per heavy atom. The quantitative estimate of drug-likeness (QED) is 0.805. The summed E-state index contributed by atoms with van der Waals surface area (Å²) in [6, 6.07) is 0.601. The second-order valence-corrected chi connectivity index (χ2v) is 5.82. The molecule has 4 nitrogen and oxygen atoms in total. The Hall–Kier alpha value is -0.550. The monoisotopic (exact) mass is 212 g/mol. The number of rotatable bonds is 3. The first-order chi connectivity index (χ1) is 6.59. The summed E-state index contributed by atoms with van der Waals surface area (Å²) < 4.78 is 2.18. The molecule has 14 heavy (non-hydrogen) atoms. The molecule has 0 aliphatic carbocycles. The molecule has 1 atom stereocenters. The van der Waals surface area contributed by atoms with Gasteiger partial charge in [-0.05, 0) is 13.8 Å². The van der Waals surface area contributed by atoms with Gasteiger partial charge in [0.2, 0.25) is 0 Å². The zero-order valence-electron chi connectivity index (χ0n) is 8.82. The van der Waals surface area contributed by atoms with E-state index in [1.165, 1.54) is 5.75 Å². The first-order valence-corrected chi connectivity index (χ1v) is 5.78. The Morgan fingerprint density at radius 1 is 1.71 bits per heavy atom. The third-order valence-electron chi connectivity index (χ3n) is 2.77. The molecule has 2 heterocycles. The van der Waals surface area contributed by atoms with E-state index in [0.717, 1.165) is 12.4 Å². The van der Waals surface area contributed by atoms with Crippen molar-refractivity contribution in [3.63, 3.8) is 0 Å². The van der Waals surface area contributed by atoms with Gasteiger partial charge in [-0.25, -0.2) is 4.98 Å². The highest BCUT2D eigenvalue weighted by atomic mass is 32.2. The molecule has 1 aliphatic heterocycles. The molecule has 0 bridgehead atoms. The summed E-state index contributed by atoms with van der Waals surface area (Å²) in [5, 5.41) is 7.54. The van der Waals surface area contributed by atoms with Crippen LogP contribution in [-0.2, 0) is 13.6 Å². The van der Waals surface area contributed by atoms with Gasteiger partial charge < -0.3 is 5.32 Å². The van der Waals surface area contributed by atoms with E-state index < -0.39 is 0 Å². The number of hydrogen-bond donors (Lipinski definition) is 1. The van der Waals surface area contributed by atoms with Gasteiger partial charge in [-0.15, -0.1) is 0 Å². The lowest BCUT2D eigenvalue weighted by Gasteiger charge is -2.44. The zero-order valence-corrected chi connectivity index (χ0v) is 9.64. The topological polar surface area (TPSA) is 42.7 Å². The average Bonchev–Trinajstić information content (AvgIpc) is 2.50. The second kappa shape index (κ2) is 3.55. The Labute approximate surface area is 88.5 Å². The predicted molar refractivity (Wildman–Crippen MR) is 58.2 cm³/mol. The van der Waals surface area contributed by atoms with Gasteiger partial charge >= 0.3 is 0 Å². The first-order valence-electron chi connectivity index (χ1n) is 4.80. The molecule has 1 aromatic rings. The van der Waals surface area contributed by atoms with Crippen molar-refractivity contribution in [2.75, 3.05) is 5.75 Å². The fourth-order valence-corrected chi connectivity index (χ4v) is 2.70. The van der Waals surface area contributed by atoms with E-state index in [1.807, 2.05) is 23.5 Å². The van der Waals surface area contributed by atoms with Crippen molar-refractivity contribution in [2.45, 2.75) is 31.2 Å². The molecule has 1 aliphatic rings. The largest absolute Gasteiger partial charge is 0.305 e. The molecule has 0 aromatic carbocycles. The van der Waals surface area contributed by atoms with Crippen LogP contribution in [0.15, 0.2) is 6.33 Å². The van der Waals surface area contributed by atoms with Gasteiger partial charge in [-0.3, -0.25) is 4.68 Å². The molecule has 2 rings (SSSR count). The summed E-state index contributed by atoms with van der Waals surface area (Å²) in [6.07, 6.45) is 1.59. The molecular weight excluding hydrogens is 196 g/mol. The van der Waals surface area contributed by atoms with E-state index in [2.05, 4.69) is 29.2 Å². The lowest BCUT2D eigenvalue weighted by atomic mass is 10.0. The highest BCUT2D eigenvalue weighted by molar-refractivity contribution is 8.02. The molecule has 1 fully saturated rings. The van der Waals surface area contributed by atoms with Crippen LogP contribution < -0.4 is 5.32 Å². The van der Waals surface area contributed by atoms with Gasteiger partial charge in [0.25, 0.3) is 0 Å². The van der Waals surface area contributed by atoms with Crippen molar-refractivity contribution in [3.8, 4) is 0 Å². The molecule has 1 unspecified atom stereocenters. The fourth-order valence-electron chi connectivity index (χ4n) is 1.50. The van der Waals surface area contributed by atoms with Crippen LogP contribution in [0.4, 0.5) is 0 Å². The van der Waals surface area contributed by atoms with Gasteiger partial charge in [0, 0.05) is 23.6 Å². The summed E-state index contributed by atoms with van der Waals surface area (Å²) >= 11 is 2.01. The molecule has 78 valence electrons. The Kier molecular flexibility index (Phi) is 2.53. The van der Waals surface area contributed by atoms with E-state index in [1.54, 1.807) is 6.33 Å². The summed E-state index contributed by atoms with van der Waals surface area (Å²) in [6.45, 7) is 5.36. The van der Waals surface area contributed by atoms with Gasteiger partial charge in [-0.1, -0.05) is 0 Å². The van der Waals surface area contributed by atoms with Gasteiger partial charge in [0.05, 0.1) is 6.54 Å². The first kappa shape index (κ1) is 9.98. The standard InChI is InChI=1S/C9H16N4S/c1-9(2)7(5-14-9)10-4-8-11-6-12-13(8)3/h6-7,10H,4-5H2,1-3H3. The number of aryl methyl sites for hydroxylation is 1. The van der Waals surface area contributed by atoms with Crippen molar-refractivity contribution < 1.29 is 0 Å². The van der Waals surface area contributed by atoms with Crippen LogP contribution in [0.1, 0.15) is 19.7 Å². The van der Waals surface area contributed by atoms with Crippen LogP contribution >= 0.6 is 11.8 Å². The second-order valence-electron chi connectivity index (χ2n) is 4.15. The smallest absolute Gasteiger partial charge is 0.140 e. The van der Waals surface area contributed by atoms with Crippen LogP contribution in [0.25, 0.3) is 0 Å². The SMILES string of the molecule is Cn1ncnc1CNC1CSC1(C)C. The predicted octanol–water partition coefficient (Wildman–Crippen LogP) is 0.799. The lowest BCUT2D eigenvalue weighted by molar-refractivity contribution is 0.425. The third kappa shape index (κ3) is 1.79. The lowest BCUT2D eigenvalue weighted by Crippen LogP contribution is -2.54. The highest BCUT2D eigenvalue weighted by Crippen LogP contribution is 2.39. The fraction of sp³-hybridized carbons (Fsp3) is 0.778. The number of hydrogen-bond acceptors (Lipinski definition) is 4. The summed E-state index contributed by atoms with van der Waals surface area (Å²) in [5.74, 6) is 2.20. The molecule has 0 radical (unpaired) electrons. The summed E-state index contributed by atoms with van der Waals surface area (Å²) in [4.78, 5) is 4.18. The van der Waals surface area contributed by atoms with Gasteiger partial charge in [-0.2, -0.15) is 16.9 Å². The maximum absolute atomic E-state index is 4.18. The number of nitrogens with zero attached hydrogens (tertiary/aromatic N) is 3. The minimum Gasteiger partial charge on any atom is -0.305 e. The Balaban J connectivity index is 1.87. The Morgan fingerprint density at radius 3 is 2.93 bits per heavy atom. The van der Waals surface area contributed by atoms with Crippen molar-refractivity contribution >= 4 is 11.8 Å². The van der Waals surface area contributed by atoms with Gasteiger partial charge in [0.1, 0.15) is 12.2 Å². The third-order valence-corrected chi connectivity index (χ3v) is 4.30. The van der Waals surface area contributed by atoms with Crippen molar-refractivity contribution in [1.82, 2.24) is 20.1 Å². The van der Waals surface area contributed by atoms with Crippen molar-refractivity contribution in [3.05, 3.63) is 12.2 Å². The highest BCUT2D eigenvalue weighted by Gasteiger charge is 2.38. The van der Waals surface area contributed by atoms with Crippen LogP contribution in [0.3, 0.4) is 0 Å². The van der Waals surface area contributed by atoms with E-state index in [0.29, 0.717) is 10.8 Å². The van der Waals surface area contributed by atoms with Crippen LogP contribution in [0.2, 0.25) is 0 Å².